The molecule has 0 bridgehead atoms. The van der Waals surface area contributed by atoms with Gasteiger partial charge in [-0.25, -0.2) is 0 Å². The smallest absolute Gasteiger partial charge is 0.174 e. The van der Waals surface area contributed by atoms with E-state index in [1.165, 1.54) is 22.3 Å². The third kappa shape index (κ3) is 1.44. The van der Waals surface area contributed by atoms with Crippen molar-refractivity contribution >= 4 is 5.78 Å². The highest BCUT2D eigenvalue weighted by molar-refractivity contribution is 5.85. The van der Waals surface area contributed by atoms with Gasteiger partial charge in [-0.1, -0.05) is 0 Å². The number of Topliss-reactive ketones (excluding diaryl/α,β-unsaturated/α-hetero) is 1. The summed E-state index contributed by atoms with van der Waals surface area (Å²) >= 11 is 0. The van der Waals surface area contributed by atoms with E-state index >= 15 is 0 Å². The van der Waals surface area contributed by atoms with Gasteiger partial charge in [-0.2, -0.15) is 0 Å². The van der Waals surface area contributed by atoms with Gasteiger partial charge in [0.25, 0.3) is 0 Å². The van der Waals surface area contributed by atoms with E-state index in [4.69, 9.17) is 4.74 Å². The Hall–Kier alpha value is -1.31. The van der Waals surface area contributed by atoms with Crippen molar-refractivity contribution in [1.82, 2.24) is 0 Å². The lowest BCUT2D eigenvalue weighted by Gasteiger charge is -2.23. The molecule has 1 aliphatic heterocycles. The summed E-state index contributed by atoms with van der Waals surface area (Å²) in [6.45, 7) is 8.59. The van der Waals surface area contributed by atoms with Crippen molar-refractivity contribution in [2.75, 3.05) is 6.61 Å². The first kappa shape index (κ1) is 10.2. The third-order valence-corrected chi connectivity index (χ3v) is 3.51. The van der Waals surface area contributed by atoms with Gasteiger partial charge in [0.15, 0.2) is 5.78 Å². The first-order valence-electron chi connectivity index (χ1n) is 5.26. The zero-order valence-corrected chi connectivity index (χ0v) is 9.73. The molecule has 0 radical (unpaired) electrons. The molecule has 0 amide bonds. The second kappa shape index (κ2) is 3.37. The number of benzene rings is 1. The van der Waals surface area contributed by atoms with Crippen molar-refractivity contribution in [1.29, 1.82) is 0 Å². The average Bonchev–Trinajstić information content (AvgIpc) is 2.23. The number of carbonyl (C=O) groups is 1. The highest BCUT2D eigenvalue weighted by Gasteiger charge is 2.23. The molecule has 0 saturated carbocycles. The van der Waals surface area contributed by atoms with Crippen LogP contribution < -0.4 is 4.74 Å². The molecule has 1 aromatic carbocycles. The molecule has 15 heavy (non-hydrogen) atoms. The van der Waals surface area contributed by atoms with Crippen LogP contribution in [0.15, 0.2) is 0 Å². The standard InChI is InChI=1S/C13H16O2/c1-7-8(2)10(4)13-12(9(7)3)5-11(14)6-15-13/h5-6H2,1-4H3. The topological polar surface area (TPSA) is 26.3 Å². The fourth-order valence-electron chi connectivity index (χ4n) is 2.16. The van der Waals surface area contributed by atoms with E-state index in [-0.39, 0.29) is 12.4 Å². The maximum Gasteiger partial charge on any atom is 0.174 e. The minimum atomic E-state index is 0.174. The number of ketones is 1. The summed E-state index contributed by atoms with van der Waals surface area (Å²) in [5.41, 5.74) is 6.04. The molecule has 1 aromatic rings. The highest BCUT2D eigenvalue weighted by atomic mass is 16.5. The largest absolute Gasteiger partial charge is 0.485 e. The van der Waals surface area contributed by atoms with Gasteiger partial charge in [-0.3, -0.25) is 4.79 Å². The van der Waals surface area contributed by atoms with Crippen LogP contribution in [0.25, 0.3) is 0 Å². The van der Waals surface area contributed by atoms with Crippen LogP contribution in [-0.2, 0) is 11.2 Å². The van der Waals surface area contributed by atoms with Crippen molar-refractivity contribution in [3.05, 3.63) is 27.8 Å². The Bertz CT molecular complexity index is 445. The maximum absolute atomic E-state index is 11.4. The summed E-state index contributed by atoms with van der Waals surface area (Å²) < 4.78 is 5.53. The summed E-state index contributed by atoms with van der Waals surface area (Å²) in [6, 6.07) is 0. The molecule has 1 heterocycles. The monoisotopic (exact) mass is 204 g/mol. The number of rotatable bonds is 0. The van der Waals surface area contributed by atoms with Gasteiger partial charge in [-0.05, 0) is 49.9 Å². The molecule has 0 spiro atoms. The molecule has 2 nitrogen and oxygen atoms in total. The van der Waals surface area contributed by atoms with Gasteiger partial charge < -0.3 is 4.74 Å². The molecule has 0 unspecified atom stereocenters. The second-order valence-corrected chi connectivity index (χ2v) is 4.31. The van der Waals surface area contributed by atoms with Crippen molar-refractivity contribution in [2.24, 2.45) is 0 Å². The van der Waals surface area contributed by atoms with Gasteiger partial charge in [-0.15, -0.1) is 0 Å². The Kier molecular flexibility index (Phi) is 2.29. The molecular formula is C13H16O2. The SMILES string of the molecule is Cc1c(C)c(C)c2c(c1C)CC(=O)CO2. The van der Waals surface area contributed by atoms with E-state index < -0.39 is 0 Å². The number of hydrogen-bond donors (Lipinski definition) is 0. The van der Waals surface area contributed by atoms with E-state index in [0.29, 0.717) is 6.42 Å². The van der Waals surface area contributed by atoms with Gasteiger partial charge >= 0.3 is 0 Å². The van der Waals surface area contributed by atoms with Crippen LogP contribution >= 0.6 is 0 Å². The lowest BCUT2D eigenvalue weighted by molar-refractivity contribution is -0.121. The Morgan fingerprint density at radius 2 is 1.53 bits per heavy atom. The molecule has 0 atom stereocenters. The van der Waals surface area contributed by atoms with Crippen LogP contribution in [0.1, 0.15) is 27.8 Å². The summed E-state index contributed by atoms with van der Waals surface area (Å²) in [7, 11) is 0. The molecule has 0 N–H and O–H groups in total. The molecule has 80 valence electrons. The maximum atomic E-state index is 11.4. The van der Waals surface area contributed by atoms with Gasteiger partial charge in [0.05, 0.1) is 0 Å². The molecule has 1 aliphatic rings. The minimum absolute atomic E-state index is 0.174. The number of ether oxygens (including phenoxy) is 1. The summed E-state index contributed by atoms with van der Waals surface area (Å²) in [5, 5.41) is 0. The van der Waals surface area contributed by atoms with Gasteiger partial charge in [0, 0.05) is 12.0 Å². The predicted molar refractivity (Wildman–Crippen MR) is 59.6 cm³/mol. The number of carbonyl (C=O) groups excluding carboxylic acids is 1. The fraction of sp³-hybridized carbons (Fsp3) is 0.462. The first-order valence-corrected chi connectivity index (χ1v) is 5.26. The Balaban J connectivity index is 2.70. The van der Waals surface area contributed by atoms with Crippen molar-refractivity contribution in [3.63, 3.8) is 0 Å². The van der Waals surface area contributed by atoms with Crippen molar-refractivity contribution in [3.8, 4) is 5.75 Å². The first-order chi connectivity index (χ1) is 7.02. The highest BCUT2D eigenvalue weighted by Crippen LogP contribution is 2.35. The number of hydrogen-bond acceptors (Lipinski definition) is 2. The molecule has 0 saturated heterocycles. The Labute approximate surface area is 90.3 Å². The van der Waals surface area contributed by atoms with E-state index in [9.17, 15) is 4.79 Å². The van der Waals surface area contributed by atoms with Crippen LogP contribution in [0, 0.1) is 27.7 Å². The molecule has 0 aromatic heterocycles. The van der Waals surface area contributed by atoms with E-state index in [1.807, 2.05) is 0 Å². The zero-order chi connectivity index (χ0) is 11.2. The van der Waals surface area contributed by atoms with Crippen LogP contribution in [0.2, 0.25) is 0 Å². The van der Waals surface area contributed by atoms with Crippen LogP contribution in [0.4, 0.5) is 0 Å². The van der Waals surface area contributed by atoms with Crippen LogP contribution in [0.5, 0.6) is 5.75 Å². The molecule has 2 rings (SSSR count). The molecule has 0 aliphatic carbocycles. The van der Waals surface area contributed by atoms with Gasteiger partial charge in [0.1, 0.15) is 12.4 Å². The molecule has 2 heteroatoms. The lowest BCUT2D eigenvalue weighted by atomic mass is 9.90. The number of fused-ring (bicyclic) bond motifs is 1. The summed E-state index contributed by atoms with van der Waals surface area (Å²) in [4.78, 5) is 11.4. The van der Waals surface area contributed by atoms with Gasteiger partial charge in [0.2, 0.25) is 0 Å². The third-order valence-electron chi connectivity index (χ3n) is 3.51. The molecular weight excluding hydrogens is 188 g/mol. The van der Waals surface area contributed by atoms with E-state index in [2.05, 4.69) is 27.7 Å². The minimum Gasteiger partial charge on any atom is -0.485 e. The summed E-state index contributed by atoms with van der Waals surface area (Å²) in [6.07, 6.45) is 0.531. The lowest BCUT2D eigenvalue weighted by Crippen LogP contribution is -2.22. The van der Waals surface area contributed by atoms with E-state index in [0.717, 1.165) is 11.3 Å². The average molecular weight is 204 g/mol. The summed E-state index contributed by atoms with van der Waals surface area (Å²) in [5.74, 6) is 1.11. The quantitative estimate of drug-likeness (QED) is 0.648. The Morgan fingerprint density at radius 1 is 0.933 bits per heavy atom. The normalized spacial score (nSPS) is 14.8. The Morgan fingerprint density at radius 3 is 2.20 bits per heavy atom. The van der Waals surface area contributed by atoms with Crippen LogP contribution in [-0.4, -0.2) is 12.4 Å². The van der Waals surface area contributed by atoms with Crippen LogP contribution in [0.3, 0.4) is 0 Å². The predicted octanol–water partition coefficient (Wildman–Crippen LogP) is 2.42. The molecule has 0 fully saturated rings. The van der Waals surface area contributed by atoms with Crippen molar-refractivity contribution < 1.29 is 9.53 Å². The zero-order valence-electron chi connectivity index (χ0n) is 9.73. The second-order valence-electron chi connectivity index (χ2n) is 4.31. The van der Waals surface area contributed by atoms with Crippen molar-refractivity contribution in [2.45, 2.75) is 34.1 Å². The van der Waals surface area contributed by atoms with E-state index in [1.54, 1.807) is 0 Å². The fourth-order valence-corrected chi connectivity index (χ4v) is 2.16.